The quantitative estimate of drug-likeness (QED) is 0.612. The number of benzene rings is 1. The summed E-state index contributed by atoms with van der Waals surface area (Å²) < 4.78 is 10.8. The zero-order valence-corrected chi connectivity index (χ0v) is 17.0. The highest BCUT2D eigenvalue weighted by atomic mass is 32.2. The van der Waals surface area contributed by atoms with E-state index in [4.69, 9.17) is 21.7 Å². The van der Waals surface area contributed by atoms with Crippen molar-refractivity contribution in [3.8, 4) is 11.5 Å². The van der Waals surface area contributed by atoms with Crippen molar-refractivity contribution in [2.75, 3.05) is 20.8 Å². The summed E-state index contributed by atoms with van der Waals surface area (Å²) in [4.78, 5) is 26.5. The van der Waals surface area contributed by atoms with Gasteiger partial charge in [-0.15, -0.1) is 0 Å². The molecule has 0 bridgehead atoms. The van der Waals surface area contributed by atoms with E-state index in [9.17, 15) is 9.59 Å². The molecular formula is C18H22N2O4S2. The Morgan fingerprint density at radius 2 is 1.92 bits per heavy atom. The number of rotatable bonds is 5. The lowest BCUT2D eigenvalue weighted by atomic mass is 10.1. The molecule has 0 spiro atoms. The van der Waals surface area contributed by atoms with Crippen molar-refractivity contribution in [2.45, 2.75) is 26.3 Å². The Bertz CT molecular complexity index is 769. The molecule has 1 fully saturated rings. The van der Waals surface area contributed by atoms with Crippen molar-refractivity contribution in [3.63, 3.8) is 0 Å². The molecule has 6 nitrogen and oxygen atoms in total. The first-order chi connectivity index (χ1) is 12.1. The van der Waals surface area contributed by atoms with Gasteiger partial charge in [-0.1, -0.05) is 30.0 Å². The van der Waals surface area contributed by atoms with Gasteiger partial charge in [-0.25, -0.2) is 0 Å². The molecule has 1 heterocycles. The standard InChI is InChI=1S/C18H22N2O4S2/c1-18(2,3)19-15(21)10-20-16(22)14(26-17(20)25)9-11-6-7-12(23-4)13(8-11)24-5/h6-9H,10H2,1-5H3,(H,19,21)/b14-9-. The predicted octanol–water partition coefficient (Wildman–Crippen LogP) is 2.82. The first-order valence-electron chi connectivity index (χ1n) is 7.93. The first kappa shape index (κ1) is 20.3. The number of hydrogen-bond acceptors (Lipinski definition) is 6. The maximum atomic E-state index is 12.6. The highest BCUT2D eigenvalue weighted by Crippen LogP contribution is 2.34. The molecule has 26 heavy (non-hydrogen) atoms. The number of thioether (sulfide) groups is 1. The van der Waals surface area contributed by atoms with Gasteiger partial charge in [-0.2, -0.15) is 0 Å². The predicted molar refractivity (Wildman–Crippen MR) is 107 cm³/mol. The van der Waals surface area contributed by atoms with Gasteiger partial charge in [-0.05, 0) is 44.5 Å². The van der Waals surface area contributed by atoms with Gasteiger partial charge in [0, 0.05) is 5.54 Å². The number of methoxy groups -OCH3 is 2. The first-order valence-corrected chi connectivity index (χ1v) is 9.15. The van der Waals surface area contributed by atoms with Gasteiger partial charge in [0.05, 0.1) is 19.1 Å². The largest absolute Gasteiger partial charge is 0.493 e. The molecule has 2 amide bonds. The lowest BCUT2D eigenvalue weighted by molar-refractivity contribution is -0.129. The Morgan fingerprint density at radius 1 is 1.27 bits per heavy atom. The second-order valence-electron chi connectivity index (χ2n) is 6.68. The van der Waals surface area contributed by atoms with E-state index in [1.54, 1.807) is 32.4 Å². The second-order valence-corrected chi connectivity index (χ2v) is 8.36. The highest BCUT2D eigenvalue weighted by molar-refractivity contribution is 8.26. The van der Waals surface area contributed by atoms with Gasteiger partial charge >= 0.3 is 0 Å². The number of carbonyl (C=O) groups is 2. The molecule has 0 radical (unpaired) electrons. The average molecular weight is 395 g/mol. The number of hydrogen-bond donors (Lipinski definition) is 1. The van der Waals surface area contributed by atoms with Gasteiger partial charge in [0.25, 0.3) is 5.91 Å². The third-order valence-corrected chi connectivity index (χ3v) is 4.77. The van der Waals surface area contributed by atoms with Gasteiger partial charge in [0.15, 0.2) is 11.5 Å². The van der Waals surface area contributed by atoms with E-state index in [1.165, 1.54) is 16.7 Å². The molecule has 1 aromatic rings. The molecule has 140 valence electrons. The Labute approximate surface area is 162 Å². The molecule has 0 aliphatic carbocycles. The van der Waals surface area contributed by atoms with Crippen molar-refractivity contribution < 1.29 is 19.1 Å². The molecule has 8 heteroatoms. The summed E-state index contributed by atoms with van der Waals surface area (Å²) >= 11 is 6.44. The smallest absolute Gasteiger partial charge is 0.266 e. The number of nitrogens with zero attached hydrogens (tertiary/aromatic N) is 1. The van der Waals surface area contributed by atoms with Gasteiger partial charge in [0.2, 0.25) is 5.91 Å². The highest BCUT2D eigenvalue weighted by Gasteiger charge is 2.33. The van der Waals surface area contributed by atoms with E-state index in [0.29, 0.717) is 20.7 Å². The molecule has 1 aliphatic rings. The van der Waals surface area contributed by atoms with Gasteiger partial charge in [0.1, 0.15) is 10.9 Å². The SMILES string of the molecule is COc1ccc(/C=C2\SC(=S)N(CC(=O)NC(C)(C)C)C2=O)cc1OC. The molecule has 1 saturated heterocycles. The number of nitrogens with one attached hydrogen (secondary N) is 1. The Balaban J connectivity index is 2.17. The molecule has 0 saturated carbocycles. The van der Waals surface area contributed by atoms with Crippen LogP contribution >= 0.6 is 24.0 Å². The number of amides is 2. The van der Waals surface area contributed by atoms with Gasteiger partial charge in [-0.3, -0.25) is 14.5 Å². The molecule has 0 aromatic heterocycles. The maximum absolute atomic E-state index is 12.6. The van der Waals surface area contributed by atoms with Crippen LogP contribution in [0.15, 0.2) is 23.1 Å². The summed E-state index contributed by atoms with van der Waals surface area (Å²) in [5.41, 5.74) is 0.412. The monoisotopic (exact) mass is 394 g/mol. The van der Waals surface area contributed by atoms with Crippen molar-refractivity contribution in [1.29, 1.82) is 0 Å². The van der Waals surface area contributed by atoms with Crippen LogP contribution in [-0.4, -0.2) is 47.3 Å². The van der Waals surface area contributed by atoms with Crippen LogP contribution in [0.25, 0.3) is 6.08 Å². The van der Waals surface area contributed by atoms with Crippen LogP contribution in [0.3, 0.4) is 0 Å². The fourth-order valence-corrected chi connectivity index (χ4v) is 3.59. The molecule has 1 aromatic carbocycles. The number of ether oxygens (including phenoxy) is 2. The summed E-state index contributed by atoms with van der Waals surface area (Å²) in [6.07, 6.45) is 1.73. The van der Waals surface area contributed by atoms with E-state index in [1.807, 2.05) is 26.8 Å². The van der Waals surface area contributed by atoms with Crippen LogP contribution in [0, 0.1) is 0 Å². The Kier molecular flexibility index (Phi) is 6.30. The topological polar surface area (TPSA) is 67.9 Å². The number of carbonyl (C=O) groups excluding carboxylic acids is 2. The van der Waals surface area contributed by atoms with E-state index in [-0.39, 0.29) is 23.9 Å². The van der Waals surface area contributed by atoms with Crippen LogP contribution in [0.1, 0.15) is 26.3 Å². The van der Waals surface area contributed by atoms with Crippen molar-refractivity contribution in [1.82, 2.24) is 10.2 Å². The minimum Gasteiger partial charge on any atom is -0.493 e. The van der Waals surface area contributed by atoms with Crippen LogP contribution in [0.5, 0.6) is 11.5 Å². The molecule has 1 aliphatic heterocycles. The molecule has 2 rings (SSSR count). The molecule has 0 unspecified atom stereocenters. The maximum Gasteiger partial charge on any atom is 0.266 e. The second kappa shape index (κ2) is 8.09. The fraction of sp³-hybridized carbons (Fsp3) is 0.389. The van der Waals surface area contributed by atoms with Crippen molar-refractivity contribution >= 4 is 46.2 Å². The fourth-order valence-electron chi connectivity index (χ4n) is 2.33. The number of thiocarbonyl (C=S) groups is 1. The third kappa shape index (κ3) is 4.98. The lowest BCUT2D eigenvalue weighted by Crippen LogP contribution is -2.46. The average Bonchev–Trinajstić information content (AvgIpc) is 2.80. The van der Waals surface area contributed by atoms with Crippen LogP contribution in [0.2, 0.25) is 0 Å². The van der Waals surface area contributed by atoms with E-state index >= 15 is 0 Å². The summed E-state index contributed by atoms with van der Waals surface area (Å²) in [5, 5.41) is 2.83. The van der Waals surface area contributed by atoms with E-state index in [0.717, 1.165) is 5.56 Å². The Morgan fingerprint density at radius 3 is 2.50 bits per heavy atom. The van der Waals surface area contributed by atoms with E-state index in [2.05, 4.69) is 5.32 Å². The summed E-state index contributed by atoms with van der Waals surface area (Å²) in [6, 6.07) is 5.36. The Hall–Kier alpha value is -2.06. The van der Waals surface area contributed by atoms with Crippen LogP contribution in [0.4, 0.5) is 0 Å². The van der Waals surface area contributed by atoms with E-state index < -0.39 is 0 Å². The van der Waals surface area contributed by atoms with Gasteiger partial charge < -0.3 is 14.8 Å². The van der Waals surface area contributed by atoms with Crippen LogP contribution < -0.4 is 14.8 Å². The molecule has 0 atom stereocenters. The molecule has 1 N–H and O–H groups in total. The minimum absolute atomic E-state index is 0.0921. The zero-order valence-electron chi connectivity index (χ0n) is 15.4. The summed E-state index contributed by atoms with van der Waals surface area (Å²) in [7, 11) is 3.11. The normalized spacial score (nSPS) is 16.2. The third-order valence-electron chi connectivity index (χ3n) is 3.40. The minimum atomic E-state index is -0.368. The van der Waals surface area contributed by atoms with Crippen LogP contribution in [-0.2, 0) is 9.59 Å². The molecular weight excluding hydrogens is 372 g/mol. The lowest BCUT2D eigenvalue weighted by Gasteiger charge is -2.22. The van der Waals surface area contributed by atoms with Crippen molar-refractivity contribution in [2.24, 2.45) is 0 Å². The van der Waals surface area contributed by atoms with Crippen molar-refractivity contribution in [3.05, 3.63) is 28.7 Å². The summed E-state index contributed by atoms with van der Waals surface area (Å²) in [6.45, 7) is 5.55. The summed E-state index contributed by atoms with van der Waals surface area (Å²) in [5.74, 6) is 0.650. The zero-order chi connectivity index (χ0) is 19.5.